The monoisotopic (exact) mass is 332 g/mol. The van der Waals surface area contributed by atoms with Crippen LogP contribution in [0.4, 0.5) is 0 Å². The molecule has 0 aromatic heterocycles. The maximum atomic E-state index is 11.9. The van der Waals surface area contributed by atoms with Crippen LogP contribution in [-0.2, 0) is 14.3 Å². The van der Waals surface area contributed by atoms with E-state index in [2.05, 4.69) is 19.9 Å². The Labute approximate surface area is 144 Å². The van der Waals surface area contributed by atoms with Crippen LogP contribution in [-0.4, -0.2) is 35.0 Å². The van der Waals surface area contributed by atoms with Crippen molar-refractivity contribution < 1.29 is 19.4 Å². The van der Waals surface area contributed by atoms with E-state index in [1.54, 1.807) is 0 Å². The largest absolute Gasteiger partial charge is 0.450 e. The maximum Gasteiger partial charge on any atom is 0.334 e. The summed E-state index contributed by atoms with van der Waals surface area (Å²) in [6, 6.07) is 0. The predicted molar refractivity (Wildman–Crippen MR) is 92.5 cm³/mol. The average molecular weight is 332 g/mol. The van der Waals surface area contributed by atoms with Gasteiger partial charge in [-0.2, -0.15) is 0 Å². The molecule has 2 aliphatic heterocycles. The van der Waals surface area contributed by atoms with E-state index in [0.29, 0.717) is 6.42 Å². The molecular formula is C20H28O4. The third-order valence-electron chi connectivity index (χ3n) is 5.70. The maximum absolute atomic E-state index is 11.9. The van der Waals surface area contributed by atoms with Crippen LogP contribution in [0, 0.1) is 0 Å². The van der Waals surface area contributed by atoms with Gasteiger partial charge in [0, 0.05) is 12.0 Å². The van der Waals surface area contributed by atoms with Gasteiger partial charge < -0.3 is 14.6 Å². The molecule has 0 amide bonds. The van der Waals surface area contributed by atoms with E-state index in [0.717, 1.165) is 42.4 Å². The first-order valence-corrected chi connectivity index (χ1v) is 8.90. The van der Waals surface area contributed by atoms with Gasteiger partial charge in [0.05, 0.1) is 17.8 Å². The molecule has 0 aromatic carbocycles. The smallest absolute Gasteiger partial charge is 0.334 e. The Morgan fingerprint density at radius 3 is 2.75 bits per heavy atom. The lowest BCUT2D eigenvalue weighted by atomic mass is 9.92. The molecule has 4 nitrogen and oxygen atoms in total. The van der Waals surface area contributed by atoms with Crippen LogP contribution < -0.4 is 0 Å². The molecule has 0 bridgehead atoms. The van der Waals surface area contributed by atoms with Crippen molar-refractivity contribution in [1.82, 2.24) is 0 Å². The molecule has 3 aliphatic rings. The normalized spacial score (nSPS) is 42.0. The highest BCUT2D eigenvalue weighted by atomic mass is 16.6. The van der Waals surface area contributed by atoms with E-state index >= 15 is 0 Å². The van der Waals surface area contributed by atoms with Crippen molar-refractivity contribution in [1.29, 1.82) is 0 Å². The molecule has 3 rings (SSSR count). The van der Waals surface area contributed by atoms with Crippen LogP contribution in [0.1, 0.15) is 59.8 Å². The fourth-order valence-corrected chi connectivity index (χ4v) is 3.67. The molecule has 132 valence electrons. The van der Waals surface area contributed by atoms with Crippen LogP contribution in [0.3, 0.4) is 0 Å². The summed E-state index contributed by atoms with van der Waals surface area (Å²) in [4.78, 5) is 11.9. The molecule has 0 radical (unpaired) electrons. The Kier molecular flexibility index (Phi) is 4.71. The number of fused-ring (bicyclic) bond motifs is 2. The lowest BCUT2D eigenvalue weighted by Gasteiger charge is -2.16. The zero-order valence-corrected chi connectivity index (χ0v) is 15.1. The van der Waals surface area contributed by atoms with Crippen molar-refractivity contribution in [3.63, 3.8) is 0 Å². The first-order valence-electron chi connectivity index (χ1n) is 8.90. The van der Waals surface area contributed by atoms with Crippen LogP contribution in [0.2, 0.25) is 0 Å². The molecule has 1 aliphatic carbocycles. The van der Waals surface area contributed by atoms with Crippen LogP contribution >= 0.6 is 0 Å². The van der Waals surface area contributed by atoms with Gasteiger partial charge in [-0.05, 0) is 70.6 Å². The van der Waals surface area contributed by atoms with Crippen LogP contribution in [0.15, 0.2) is 34.4 Å². The lowest BCUT2D eigenvalue weighted by molar-refractivity contribution is -0.138. The first-order chi connectivity index (χ1) is 11.3. The molecule has 1 fully saturated rings. The van der Waals surface area contributed by atoms with Gasteiger partial charge in [-0.3, -0.25) is 0 Å². The average Bonchev–Trinajstić information content (AvgIpc) is 3.06. The van der Waals surface area contributed by atoms with Crippen LogP contribution in [0.25, 0.3) is 0 Å². The second-order valence-electron chi connectivity index (χ2n) is 7.65. The van der Waals surface area contributed by atoms with E-state index in [1.165, 1.54) is 5.57 Å². The van der Waals surface area contributed by atoms with Crippen molar-refractivity contribution in [2.45, 2.75) is 83.7 Å². The van der Waals surface area contributed by atoms with E-state index in [-0.39, 0.29) is 23.8 Å². The third kappa shape index (κ3) is 3.50. The molecule has 24 heavy (non-hydrogen) atoms. The molecule has 4 heteroatoms. The van der Waals surface area contributed by atoms with Gasteiger partial charge in [0.15, 0.2) is 0 Å². The van der Waals surface area contributed by atoms with Gasteiger partial charge in [0.25, 0.3) is 0 Å². The number of esters is 1. The van der Waals surface area contributed by atoms with Crippen LogP contribution in [0.5, 0.6) is 0 Å². The number of rotatable bonds is 0. The minimum absolute atomic E-state index is 0.107. The number of hydrogen-bond acceptors (Lipinski definition) is 4. The van der Waals surface area contributed by atoms with Gasteiger partial charge in [-0.25, -0.2) is 4.79 Å². The third-order valence-corrected chi connectivity index (χ3v) is 5.70. The fourth-order valence-electron chi connectivity index (χ4n) is 3.67. The van der Waals surface area contributed by atoms with E-state index < -0.39 is 6.10 Å². The summed E-state index contributed by atoms with van der Waals surface area (Å²) >= 11 is 0. The minimum Gasteiger partial charge on any atom is -0.450 e. The topological polar surface area (TPSA) is 59.1 Å². The first kappa shape index (κ1) is 17.4. The van der Waals surface area contributed by atoms with Gasteiger partial charge >= 0.3 is 5.97 Å². The van der Waals surface area contributed by atoms with Gasteiger partial charge in [0.2, 0.25) is 0 Å². The second kappa shape index (κ2) is 6.49. The van der Waals surface area contributed by atoms with Crippen molar-refractivity contribution in [2.24, 2.45) is 0 Å². The predicted octanol–water partition coefficient (Wildman–Crippen LogP) is 3.60. The number of ether oxygens (including phenoxy) is 2. The Hall–Kier alpha value is -1.39. The SMILES string of the molecule is CC1=C2CC/C(C)=C/CCC3(C)O[C@H]3C[C@H](O)/C(C)=C/[C@@H]2OC1=O. The zero-order valence-electron chi connectivity index (χ0n) is 15.1. The number of carbonyl (C=O) groups excluding carboxylic acids is 1. The number of epoxide rings is 1. The minimum atomic E-state index is -0.557. The molecule has 0 spiro atoms. The summed E-state index contributed by atoms with van der Waals surface area (Å²) in [5, 5.41) is 10.5. The summed E-state index contributed by atoms with van der Waals surface area (Å²) < 4.78 is 11.3. The highest BCUT2D eigenvalue weighted by Gasteiger charge is 2.51. The standard InChI is InChI=1S/C20H28O4/c1-12-6-5-9-20(4)18(24-20)11-16(21)13(2)10-17-15(8-7-12)14(3)19(22)23-17/h6,10,16-18,21H,5,7-9,11H2,1-4H3/b12-6+,13-10+/t16-,17-,18-,20?/m0/s1. The summed E-state index contributed by atoms with van der Waals surface area (Å²) in [6.45, 7) is 8.01. The van der Waals surface area contributed by atoms with Crippen molar-refractivity contribution in [2.75, 3.05) is 0 Å². The molecule has 1 unspecified atom stereocenters. The number of aliphatic hydroxyl groups excluding tert-OH is 1. The van der Waals surface area contributed by atoms with E-state index in [9.17, 15) is 9.90 Å². The summed E-state index contributed by atoms with van der Waals surface area (Å²) in [6.07, 6.45) is 7.70. The van der Waals surface area contributed by atoms with Gasteiger partial charge in [0.1, 0.15) is 6.10 Å². The number of hydrogen-bond donors (Lipinski definition) is 1. The van der Waals surface area contributed by atoms with Crippen molar-refractivity contribution in [3.8, 4) is 0 Å². The molecule has 0 saturated carbocycles. The molecule has 1 N–H and O–H groups in total. The molecule has 0 aromatic rings. The highest BCUT2D eigenvalue weighted by Crippen LogP contribution is 2.44. The molecule has 4 atom stereocenters. The Balaban J connectivity index is 1.85. The Bertz CT molecular complexity index is 628. The van der Waals surface area contributed by atoms with Gasteiger partial charge in [-0.1, -0.05) is 11.6 Å². The van der Waals surface area contributed by atoms with E-state index in [4.69, 9.17) is 9.47 Å². The summed E-state index contributed by atoms with van der Waals surface area (Å²) in [5.41, 5.74) is 3.85. The molecule has 2 heterocycles. The summed E-state index contributed by atoms with van der Waals surface area (Å²) in [7, 11) is 0. The zero-order chi connectivity index (χ0) is 17.5. The quantitative estimate of drug-likeness (QED) is 0.418. The highest BCUT2D eigenvalue weighted by molar-refractivity contribution is 5.92. The van der Waals surface area contributed by atoms with Gasteiger partial charge in [-0.15, -0.1) is 0 Å². The lowest BCUT2D eigenvalue weighted by Crippen LogP contribution is -2.19. The van der Waals surface area contributed by atoms with E-state index in [1.807, 2.05) is 19.9 Å². The van der Waals surface area contributed by atoms with Crippen molar-refractivity contribution in [3.05, 3.63) is 34.4 Å². The number of allylic oxidation sites excluding steroid dienone is 2. The summed E-state index contributed by atoms with van der Waals surface area (Å²) in [5.74, 6) is -0.238. The Morgan fingerprint density at radius 2 is 2.00 bits per heavy atom. The number of carbonyl (C=O) groups is 1. The molecule has 1 saturated heterocycles. The Morgan fingerprint density at radius 1 is 1.25 bits per heavy atom. The second-order valence-corrected chi connectivity index (χ2v) is 7.65. The van der Waals surface area contributed by atoms with Crippen molar-refractivity contribution >= 4 is 5.97 Å². The molecular weight excluding hydrogens is 304 g/mol. The number of aliphatic hydroxyl groups is 1. The fraction of sp³-hybridized carbons (Fsp3) is 0.650.